The van der Waals surface area contributed by atoms with Crippen LogP contribution < -0.4 is 4.90 Å². The molecule has 4 nitrogen and oxygen atoms in total. The van der Waals surface area contributed by atoms with Crippen LogP contribution in [0.15, 0.2) is 18.3 Å². The molecule has 4 rings (SSSR count). The Hall–Kier alpha value is -0.400. The Morgan fingerprint density at radius 2 is 2.00 bits per heavy atom. The maximum atomic E-state index is 5.42. The molecule has 0 N–H and O–H groups in total. The van der Waals surface area contributed by atoms with E-state index in [9.17, 15) is 0 Å². The summed E-state index contributed by atoms with van der Waals surface area (Å²) in [6.07, 6.45) is 4.64. The van der Waals surface area contributed by atoms with Gasteiger partial charge in [0.25, 0.3) is 0 Å². The van der Waals surface area contributed by atoms with Crippen LogP contribution in [0.3, 0.4) is 0 Å². The standard InChI is InChI=1S/C16H22IN3O/c1-16(10-21-11-16)9-20-13-3-4-14(20)8-19(7-13)15-5-2-12(17)6-18-15/h2,5-6,13-14H,3-4,7-11H2,1H3. The van der Waals surface area contributed by atoms with Crippen LogP contribution >= 0.6 is 22.6 Å². The molecule has 5 heteroatoms. The molecule has 3 fully saturated rings. The Bertz CT molecular complexity index is 503. The zero-order chi connectivity index (χ0) is 14.4. The van der Waals surface area contributed by atoms with Crippen LogP contribution in [0, 0.1) is 8.99 Å². The van der Waals surface area contributed by atoms with Gasteiger partial charge in [0.15, 0.2) is 0 Å². The summed E-state index contributed by atoms with van der Waals surface area (Å²) in [4.78, 5) is 9.84. The SMILES string of the molecule is CC1(CN2C3CCC2CN(c2ccc(I)cn2)C3)COC1. The lowest BCUT2D eigenvalue weighted by molar-refractivity contribution is -0.120. The number of nitrogens with zero attached hydrogens (tertiary/aromatic N) is 3. The van der Waals surface area contributed by atoms with Crippen LogP contribution in [0.4, 0.5) is 5.82 Å². The van der Waals surface area contributed by atoms with Gasteiger partial charge in [0.2, 0.25) is 0 Å². The van der Waals surface area contributed by atoms with Crippen molar-refractivity contribution in [1.82, 2.24) is 9.88 Å². The quantitative estimate of drug-likeness (QED) is 0.730. The molecule has 4 heterocycles. The number of halogens is 1. The first kappa shape index (κ1) is 14.2. The third-order valence-electron chi connectivity index (χ3n) is 5.13. The number of aromatic nitrogens is 1. The highest BCUT2D eigenvalue weighted by Crippen LogP contribution is 2.37. The maximum Gasteiger partial charge on any atom is 0.128 e. The van der Waals surface area contributed by atoms with Gasteiger partial charge in [0.1, 0.15) is 5.82 Å². The molecule has 2 atom stereocenters. The van der Waals surface area contributed by atoms with Crippen molar-refractivity contribution in [2.24, 2.45) is 5.41 Å². The van der Waals surface area contributed by atoms with E-state index in [0.29, 0.717) is 17.5 Å². The second-order valence-corrected chi connectivity index (χ2v) is 8.35. The van der Waals surface area contributed by atoms with Gasteiger partial charge in [0, 0.05) is 46.9 Å². The molecule has 3 aliphatic heterocycles. The van der Waals surface area contributed by atoms with Crippen LogP contribution in [0.1, 0.15) is 19.8 Å². The lowest BCUT2D eigenvalue weighted by Gasteiger charge is -2.48. The molecule has 3 saturated heterocycles. The summed E-state index contributed by atoms with van der Waals surface area (Å²) < 4.78 is 6.63. The van der Waals surface area contributed by atoms with Crippen LogP contribution in [-0.2, 0) is 4.74 Å². The van der Waals surface area contributed by atoms with Gasteiger partial charge in [-0.3, -0.25) is 4.90 Å². The van der Waals surface area contributed by atoms with Gasteiger partial charge in [-0.25, -0.2) is 4.98 Å². The van der Waals surface area contributed by atoms with E-state index in [1.54, 1.807) is 0 Å². The Morgan fingerprint density at radius 1 is 1.29 bits per heavy atom. The highest BCUT2D eigenvalue weighted by molar-refractivity contribution is 14.1. The van der Waals surface area contributed by atoms with E-state index in [2.05, 4.69) is 56.4 Å². The molecule has 0 spiro atoms. The Morgan fingerprint density at radius 3 is 2.52 bits per heavy atom. The summed E-state index contributed by atoms with van der Waals surface area (Å²) in [7, 11) is 0. The van der Waals surface area contributed by atoms with E-state index in [0.717, 1.165) is 32.1 Å². The average Bonchev–Trinajstić information content (AvgIpc) is 2.68. The zero-order valence-corrected chi connectivity index (χ0v) is 14.6. The number of rotatable bonds is 3. The molecule has 0 aliphatic carbocycles. The third-order valence-corrected chi connectivity index (χ3v) is 5.77. The summed E-state index contributed by atoms with van der Waals surface area (Å²) in [5.41, 5.74) is 0.393. The van der Waals surface area contributed by atoms with Crippen molar-refractivity contribution in [2.75, 3.05) is 37.7 Å². The molecule has 0 aromatic carbocycles. The Kier molecular flexibility index (Phi) is 3.62. The van der Waals surface area contributed by atoms with Crippen LogP contribution in [0.25, 0.3) is 0 Å². The van der Waals surface area contributed by atoms with Gasteiger partial charge in [-0.15, -0.1) is 0 Å². The third kappa shape index (κ3) is 2.68. The lowest BCUT2D eigenvalue weighted by atomic mass is 9.87. The zero-order valence-electron chi connectivity index (χ0n) is 12.5. The molecular weight excluding hydrogens is 377 g/mol. The molecule has 1 aromatic heterocycles. The van der Waals surface area contributed by atoms with E-state index in [-0.39, 0.29) is 0 Å². The van der Waals surface area contributed by atoms with E-state index in [1.807, 2.05) is 6.20 Å². The van der Waals surface area contributed by atoms with Crippen LogP contribution in [0.2, 0.25) is 0 Å². The summed E-state index contributed by atoms with van der Waals surface area (Å²) in [6.45, 7) is 7.69. The first-order chi connectivity index (χ1) is 10.1. The highest BCUT2D eigenvalue weighted by atomic mass is 127. The molecule has 0 amide bonds. The minimum Gasteiger partial charge on any atom is -0.380 e. The van der Waals surface area contributed by atoms with Gasteiger partial charge in [-0.05, 0) is 47.6 Å². The lowest BCUT2D eigenvalue weighted by Crippen LogP contribution is -2.59. The molecule has 1 aromatic rings. The smallest absolute Gasteiger partial charge is 0.128 e. The first-order valence-electron chi connectivity index (χ1n) is 7.83. The average molecular weight is 399 g/mol. The number of hydrogen-bond donors (Lipinski definition) is 0. The van der Waals surface area contributed by atoms with Gasteiger partial charge >= 0.3 is 0 Å². The van der Waals surface area contributed by atoms with E-state index in [4.69, 9.17) is 4.74 Å². The minimum absolute atomic E-state index is 0.393. The van der Waals surface area contributed by atoms with Crippen molar-refractivity contribution in [3.63, 3.8) is 0 Å². The number of ether oxygens (including phenoxy) is 1. The maximum absolute atomic E-state index is 5.42. The van der Waals surface area contributed by atoms with Crippen molar-refractivity contribution >= 4 is 28.4 Å². The van der Waals surface area contributed by atoms with Gasteiger partial charge in [-0.1, -0.05) is 6.92 Å². The molecule has 21 heavy (non-hydrogen) atoms. The predicted molar refractivity (Wildman–Crippen MR) is 91.6 cm³/mol. The minimum atomic E-state index is 0.393. The van der Waals surface area contributed by atoms with Crippen LogP contribution in [-0.4, -0.2) is 54.8 Å². The fourth-order valence-corrected chi connectivity index (χ4v) is 4.29. The highest BCUT2D eigenvalue weighted by Gasteiger charge is 2.45. The van der Waals surface area contributed by atoms with Gasteiger partial charge in [-0.2, -0.15) is 0 Å². The second kappa shape index (κ2) is 5.35. The summed E-state index contributed by atoms with van der Waals surface area (Å²) in [5, 5.41) is 0. The van der Waals surface area contributed by atoms with Gasteiger partial charge < -0.3 is 9.64 Å². The summed E-state index contributed by atoms with van der Waals surface area (Å²) >= 11 is 2.32. The van der Waals surface area contributed by atoms with Crippen LogP contribution in [0.5, 0.6) is 0 Å². The predicted octanol–water partition coefficient (Wildman–Crippen LogP) is 2.38. The second-order valence-electron chi connectivity index (χ2n) is 7.10. The Labute approximate surface area is 140 Å². The number of hydrogen-bond acceptors (Lipinski definition) is 4. The monoisotopic (exact) mass is 399 g/mol. The molecular formula is C16H22IN3O. The fraction of sp³-hybridized carbons (Fsp3) is 0.688. The van der Waals surface area contributed by atoms with Crippen molar-refractivity contribution in [1.29, 1.82) is 0 Å². The molecule has 3 aliphatic rings. The van der Waals surface area contributed by atoms with E-state index >= 15 is 0 Å². The van der Waals surface area contributed by atoms with E-state index in [1.165, 1.54) is 23.0 Å². The number of anilines is 1. The van der Waals surface area contributed by atoms with Gasteiger partial charge in [0.05, 0.1) is 13.2 Å². The molecule has 0 saturated carbocycles. The van der Waals surface area contributed by atoms with Crippen molar-refractivity contribution < 1.29 is 4.74 Å². The number of piperazine rings is 1. The van der Waals surface area contributed by atoms with E-state index < -0.39 is 0 Å². The number of pyridine rings is 1. The van der Waals surface area contributed by atoms with Crippen molar-refractivity contribution in [3.8, 4) is 0 Å². The van der Waals surface area contributed by atoms with Crippen molar-refractivity contribution in [2.45, 2.75) is 31.8 Å². The van der Waals surface area contributed by atoms with Crippen molar-refractivity contribution in [3.05, 3.63) is 21.9 Å². The summed E-state index contributed by atoms with van der Waals surface area (Å²) in [6, 6.07) is 5.71. The summed E-state index contributed by atoms with van der Waals surface area (Å²) in [5.74, 6) is 1.14. The number of fused-ring (bicyclic) bond motifs is 2. The molecule has 2 bridgehead atoms. The Balaban J connectivity index is 1.46. The normalized spacial score (nSPS) is 31.2. The fourth-order valence-electron chi connectivity index (χ4n) is 3.97. The topological polar surface area (TPSA) is 28.6 Å². The largest absolute Gasteiger partial charge is 0.380 e. The first-order valence-corrected chi connectivity index (χ1v) is 8.91. The molecule has 2 unspecified atom stereocenters. The molecule has 114 valence electrons. The molecule has 0 radical (unpaired) electrons.